The predicted molar refractivity (Wildman–Crippen MR) is 191 cm³/mol. The molecule has 0 saturated carbocycles. The maximum Gasteiger partial charge on any atom is 0.311 e. The lowest BCUT2D eigenvalue weighted by Crippen LogP contribution is -2.61. The summed E-state index contributed by atoms with van der Waals surface area (Å²) in [6.07, 6.45) is -9.27. The molecule has 3 fully saturated rings. The number of ketones is 1. The van der Waals surface area contributed by atoms with Crippen LogP contribution in [0.5, 0.6) is 0 Å². The van der Waals surface area contributed by atoms with Crippen molar-refractivity contribution in [3.05, 3.63) is 0 Å². The van der Waals surface area contributed by atoms with Crippen molar-refractivity contribution < 1.29 is 68.0 Å². The Kier molecular flexibility index (Phi) is 15.5. The summed E-state index contributed by atoms with van der Waals surface area (Å²) in [6, 6.07) is -0.637. The van der Waals surface area contributed by atoms with E-state index in [-0.39, 0.29) is 25.0 Å². The van der Waals surface area contributed by atoms with Gasteiger partial charge in [0.2, 0.25) is 6.41 Å². The number of hydrogen-bond acceptors (Lipinski definition) is 14. The summed E-state index contributed by atoms with van der Waals surface area (Å²) < 4.78 is 43.6. The third-order valence-electron chi connectivity index (χ3n) is 12.3. The Bertz CT molecular complexity index is 1240. The Morgan fingerprint density at radius 3 is 2.04 bits per heavy atom. The minimum atomic E-state index is -1.99. The number of cyclic esters (lactones) is 1. The van der Waals surface area contributed by atoms with Crippen LogP contribution in [-0.2, 0) is 47.5 Å². The molecule has 0 aromatic rings. The fourth-order valence-electron chi connectivity index (χ4n) is 8.55. The van der Waals surface area contributed by atoms with Crippen LogP contribution in [0.4, 0.5) is 0 Å². The van der Waals surface area contributed by atoms with E-state index in [0.29, 0.717) is 12.8 Å². The zero-order chi connectivity index (χ0) is 40.4. The van der Waals surface area contributed by atoms with Gasteiger partial charge in [-0.2, -0.15) is 0 Å². The maximum absolute atomic E-state index is 14.2. The molecule has 4 N–H and O–H groups in total. The van der Waals surface area contributed by atoms with E-state index in [2.05, 4.69) is 0 Å². The van der Waals surface area contributed by atoms with Crippen LogP contribution in [-0.4, -0.2) is 149 Å². The summed E-state index contributed by atoms with van der Waals surface area (Å²) in [5.41, 5.74) is -4.37. The average Bonchev–Trinajstić information content (AvgIpc) is 3.12. The lowest BCUT2D eigenvalue weighted by atomic mass is 9.74. The first-order valence-electron chi connectivity index (χ1n) is 18.9. The van der Waals surface area contributed by atoms with Crippen LogP contribution in [0.2, 0.25) is 0 Å². The number of rotatable bonds is 9. The highest BCUT2D eigenvalue weighted by molar-refractivity contribution is 5.83. The number of esters is 1. The standard InChI is InChI=1S/C38H67NO14/c1-14-26-38(10,46)31(43)21(4)28(41)19(2)16-37(9,48-13)33(53-35-29(42)25(39(11)18-40)15-20(3)49-35)22(5)30(23(6)34(45)51-26)52-27-17-36(8,47-12)32(44)24(7)50-27/h18-27,29-33,35,42-44,46H,14-17H2,1-13H3/t19-,20?,21+,22+,23-,24?,25?,26+,27?,29?,30+,31-,32?,33-,35?,36?,37-,38+/m1/s1. The van der Waals surface area contributed by atoms with Crippen molar-refractivity contribution in [1.29, 1.82) is 0 Å². The quantitative estimate of drug-likeness (QED) is 0.196. The van der Waals surface area contributed by atoms with Crippen molar-refractivity contribution in [3.63, 3.8) is 0 Å². The lowest BCUT2D eigenvalue weighted by molar-refractivity contribution is -0.319. The van der Waals surface area contributed by atoms with Crippen molar-refractivity contribution in [2.24, 2.45) is 23.7 Å². The van der Waals surface area contributed by atoms with E-state index < -0.39 is 114 Å². The number of hydrogen-bond donors (Lipinski definition) is 4. The van der Waals surface area contributed by atoms with E-state index in [1.165, 1.54) is 33.0 Å². The van der Waals surface area contributed by atoms with Crippen LogP contribution in [0.3, 0.4) is 0 Å². The van der Waals surface area contributed by atoms with Gasteiger partial charge < -0.3 is 58.5 Å². The van der Waals surface area contributed by atoms with E-state index in [9.17, 15) is 34.8 Å². The molecule has 0 bridgehead atoms. The SMILES string of the molecule is CC[C@@H]1OC(=O)[C@H](C)[C@@H](OC2CC(C)(OC)C(O)C(C)O2)[C@H](C)[C@@H](OC2OC(C)CC(N(C)C=O)C2O)[C@](C)(OC)C[C@@H](C)C(=O)[C@H](C)[C@@H](O)[C@@]1(C)O. The Balaban J connectivity index is 2.23. The molecule has 3 aliphatic heterocycles. The van der Waals surface area contributed by atoms with Crippen molar-refractivity contribution >= 4 is 18.2 Å². The second-order valence-corrected chi connectivity index (χ2v) is 16.4. The first-order chi connectivity index (χ1) is 24.5. The van der Waals surface area contributed by atoms with Crippen molar-refractivity contribution in [2.45, 2.75) is 179 Å². The molecular weight excluding hydrogens is 694 g/mol. The van der Waals surface area contributed by atoms with Crippen molar-refractivity contribution in [3.8, 4) is 0 Å². The molecule has 3 heterocycles. The molecule has 15 nitrogen and oxygen atoms in total. The number of ether oxygens (including phenoxy) is 7. The minimum absolute atomic E-state index is 0.0558. The molecule has 308 valence electrons. The Hall–Kier alpha value is -1.79. The van der Waals surface area contributed by atoms with E-state index in [4.69, 9.17) is 33.2 Å². The molecule has 0 aromatic carbocycles. The van der Waals surface area contributed by atoms with E-state index >= 15 is 0 Å². The normalized spacial score (nSPS) is 48.1. The number of nitrogens with zero attached hydrogens (tertiary/aromatic N) is 1. The number of aliphatic hydroxyl groups is 4. The fourth-order valence-corrected chi connectivity index (χ4v) is 8.55. The van der Waals surface area contributed by atoms with Gasteiger partial charge in [-0.25, -0.2) is 0 Å². The molecule has 15 heteroatoms. The number of aliphatic hydroxyl groups excluding tert-OH is 3. The van der Waals surface area contributed by atoms with Crippen LogP contribution < -0.4 is 0 Å². The summed E-state index contributed by atoms with van der Waals surface area (Å²) in [6.45, 7) is 16.7. The predicted octanol–water partition coefficient (Wildman–Crippen LogP) is 1.97. The molecule has 3 rings (SSSR count). The average molecular weight is 762 g/mol. The third-order valence-corrected chi connectivity index (χ3v) is 12.3. The van der Waals surface area contributed by atoms with Crippen LogP contribution >= 0.6 is 0 Å². The lowest BCUT2D eigenvalue weighted by Gasteiger charge is -2.49. The number of carbonyl (C=O) groups is 3. The molecule has 1 amide bonds. The summed E-state index contributed by atoms with van der Waals surface area (Å²) >= 11 is 0. The fraction of sp³-hybridized carbons (Fsp3) is 0.921. The zero-order valence-corrected chi connectivity index (χ0v) is 33.9. The highest BCUT2D eigenvalue weighted by Crippen LogP contribution is 2.41. The number of amides is 1. The van der Waals surface area contributed by atoms with Gasteiger partial charge in [-0.15, -0.1) is 0 Å². The second-order valence-electron chi connectivity index (χ2n) is 16.4. The Morgan fingerprint density at radius 2 is 1.49 bits per heavy atom. The summed E-state index contributed by atoms with van der Waals surface area (Å²) in [5, 5.41) is 45.5. The smallest absolute Gasteiger partial charge is 0.311 e. The molecule has 8 unspecified atom stereocenters. The van der Waals surface area contributed by atoms with Crippen LogP contribution in [0, 0.1) is 23.7 Å². The Labute approximate surface area is 314 Å². The molecule has 53 heavy (non-hydrogen) atoms. The van der Waals surface area contributed by atoms with Crippen molar-refractivity contribution in [1.82, 2.24) is 4.90 Å². The molecule has 18 atom stereocenters. The highest BCUT2D eigenvalue weighted by Gasteiger charge is 2.54. The number of Topliss-reactive ketones (excluding diaryl/α,β-unsaturated/α-hetero) is 1. The summed E-state index contributed by atoms with van der Waals surface area (Å²) in [7, 11) is 4.51. The molecule has 0 aromatic heterocycles. The topological polar surface area (TPSA) is 200 Å². The molecule has 0 radical (unpaired) electrons. The van der Waals surface area contributed by atoms with Gasteiger partial charge in [0.15, 0.2) is 12.6 Å². The number of likely N-dealkylation sites (N-methyl/N-ethyl adjacent to an activating group) is 1. The van der Waals surface area contributed by atoms with Gasteiger partial charge in [-0.05, 0) is 60.8 Å². The Morgan fingerprint density at radius 1 is 0.887 bits per heavy atom. The van der Waals surface area contributed by atoms with Gasteiger partial charge in [-0.3, -0.25) is 14.4 Å². The van der Waals surface area contributed by atoms with Crippen LogP contribution in [0.15, 0.2) is 0 Å². The summed E-state index contributed by atoms with van der Waals surface area (Å²) in [5.74, 6) is -4.74. The first-order valence-corrected chi connectivity index (χ1v) is 18.9. The van der Waals surface area contributed by atoms with Gasteiger partial charge in [0.1, 0.15) is 29.7 Å². The molecular formula is C38H67NO14. The molecule has 3 saturated heterocycles. The summed E-state index contributed by atoms with van der Waals surface area (Å²) in [4.78, 5) is 41.3. The largest absolute Gasteiger partial charge is 0.459 e. The van der Waals surface area contributed by atoms with E-state index in [1.54, 1.807) is 62.4 Å². The highest BCUT2D eigenvalue weighted by atomic mass is 16.7. The molecule has 3 aliphatic rings. The van der Waals surface area contributed by atoms with Gasteiger partial charge in [0.25, 0.3) is 0 Å². The molecule has 0 spiro atoms. The first kappa shape index (κ1) is 45.6. The number of methoxy groups -OCH3 is 2. The van der Waals surface area contributed by atoms with E-state index in [0.717, 1.165) is 0 Å². The van der Waals surface area contributed by atoms with Gasteiger partial charge in [0, 0.05) is 45.4 Å². The monoisotopic (exact) mass is 761 g/mol. The second kappa shape index (κ2) is 18.0. The zero-order valence-electron chi connectivity index (χ0n) is 33.9. The van der Waals surface area contributed by atoms with Gasteiger partial charge in [-0.1, -0.05) is 27.7 Å². The third kappa shape index (κ3) is 9.61. The van der Waals surface area contributed by atoms with Crippen LogP contribution in [0.25, 0.3) is 0 Å². The minimum Gasteiger partial charge on any atom is -0.459 e. The number of carbonyl (C=O) groups excluding carboxylic acids is 3. The van der Waals surface area contributed by atoms with Gasteiger partial charge in [0.05, 0.1) is 53.7 Å². The van der Waals surface area contributed by atoms with E-state index in [1.807, 2.05) is 0 Å². The molecule has 0 aliphatic carbocycles. The van der Waals surface area contributed by atoms with Gasteiger partial charge >= 0.3 is 5.97 Å². The van der Waals surface area contributed by atoms with Crippen LogP contribution in [0.1, 0.15) is 94.9 Å². The maximum atomic E-state index is 14.2. The van der Waals surface area contributed by atoms with Crippen molar-refractivity contribution in [2.75, 3.05) is 21.3 Å².